The summed E-state index contributed by atoms with van der Waals surface area (Å²) in [5.74, 6) is -0.884. The zero-order chi connectivity index (χ0) is 21.5. The Kier molecular flexibility index (Phi) is 6.23. The second kappa shape index (κ2) is 9.20. The summed E-state index contributed by atoms with van der Waals surface area (Å²) in [5, 5.41) is 15.7. The van der Waals surface area contributed by atoms with Crippen LogP contribution in [0.3, 0.4) is 0 Å². The first-order valence-electron chi connectivity index (χ1n) is 8.71. The Hall–Kier alpha value is -4.40. The number of carbonyl (C=O) groups excluding carboxylic acids is 2. The maximum absolute atomic E-state index is 13.0. The maximum atomic E-state index is 13.0. The Balaban J connectivity index is 1.97. The highest BCUT2D eigenvalue weighted by Gasteiger charge is 2.25. The van der Waals surface area contributed by atoms with E-state index in [-0.39, 0.29) is 16.8 Å². The maximum Gasteiger partial charge on any atom is 0.283 e. The number of amides is 2. The number of nitro groups is 1. The molecule has 0 radical (unpaired) electrons. The molecule has 1 aromatic heterocycles. The van der Waals surface area contributed by atoms with E-state index in [2.05, 4.69) is 10.1 Å². The minimum absolute atomic E-state index is 0.0479. The standard InChI is InChI=1S/C21H16N4O5/c1-30-19-9-7-15(8-10-19)13-23-24(21(27)17-5-3-11-22-14-17)20(26)16-4-2-6-18(12-16)25(28)29/h2-14H,1H3/b23-13+. The Morgan fingerprint density at radius 3 is 2.40 bits per heavy atom. The minimum atomic E-state index is -0.808. The summed E-state index contributed by atoms with van der Waals surface area (Å²) in [5.41, 5.74) is 0.442. The molecule has 1 heterocycles. The van der Waals surface area contributed by atoms with Crippen molar-refractivity contribution in [3.63, 3.8) is 0 Å². The molecule has 0 saturated heterocycles. The summed E-state index contributed by atoms with van der Waals surface area (Å²) in [6.07, 6.45) is 4.13. The number of pyridine rings is 1. The van der Waals surface area contributed by atoms with Gasteiger partial charge in [0.2, 0.25) is 0 Å². The molecular formula is C21H16N4O5. The first kappa shape index (κ1) is 20.3. The van der Waals surface area contributed by atoms with Gasteiger partial charge in [-0.3, -0.25) is 24.7 Å². The van der Waals surface area contributed by atoms with Gasteiger partial charge < -0.3 is 4.74 Å². The van der Waals surface area contributed by atoms with Crippen molar-refractivity contribution in [3.05, 3.63) is 99.9 Å². The predicted octanol–water partition coefficient (Wildman–Crippen LogP) is 3.32. The molecule has 9 heteroatoms. The van der Waals surface area contributed by atoms with Crippen molar-refractivity contribution >= 4 is 23.7 Å². The molecule has 0 atom stereocenters. The number of imide groups is 1. The summed E-state index contributed by atoms with van der Waals surface area (Å²) in [4.78, 5) is 40.2. The van der Waals surface area contributed by atoms with Crippen LogP contribution in [0.2, 0.25) is 0 Å². The number of rotatable bonds is 6. The molecule has 9 nitrogen and oxygen atoms in total. The summed E-state index contributed by atoms with van der Waals surface area (Å²) >= 11 is 0. The number of non-ortho nitro benzene ring substituents is 1. The SMILES string of the molecule is COc1ccc(/C=N/N(C(=O)c2cccnc2)C(=O)c2cccc([N+](=O)[O-])c2)cc1. The number of methoxy groups -OCH3 is 1. The molecule has 3 aromatic rings. The second-order valence-corrected chi connectivity index (χ2v) is 5.99. The van der Waals surface area contributed by atoms with E-state index in [9.17, 15) is 19.7 Å². The third-order valence-electron chi connectivity index (χ3n) is 4.04. The fourth-order valence-corrected chi connectivity index (χ4v) is 2.50. The van der Waals surface area contributed by atoms with Crippen molar-refractivity contribution in [1.29, 1.82) is 0 Å². The van der Waals surface area contributed by atoms with Crippen LogP contribution in [0.5, 0.6) is 5.75 Å². The van der Waals surface area contributed by atoms with Gasteiger partial charge in [0, 0.05) is 30.1 Å². The Morgan fingerprint density at radius 2 is 1.77 bits per heavy atom. The number of hydrogen-bond acceptors (Lipinski definition) is 7. The van der Waals surface area contributed by atoms with E-state index in [1.807, 2.05) is 0 Å². The average molecular weight is 404 g/mol. The topological polar surface area (TPSA) is 115 Å². The fourth-order valence-electron chi connectivity index (χ4n) is 2.50. The van der Waals surface area contributed by atoms with Crippen molar-refractivity contribution in [1.82, 2.24) is 9.99 Å². The average Bonchev–Trinajstić information content (AvgIpc) is 2.80. The van der Waals surface area contributed by atoms with Gasteiger partial charge in [-0.05, 0) is 48.0 Å². The lowest BCUT2D eigenvalue weighted by atomic mass is 10.1. The van der Waals surface area contributed by atoms with E-state index < -0.39 is 16.7 Å². The Bertz CT molecular complexity index is 1100. The van der Waals surface area contributed by atoms with Gasteiger partial charge in [-0.25, -0.2) is 0 Å². The van der Waals surface area contributed by atoms with Gasteiger partial charge in [-0.2, -0.15) is 10.1 Å². The lowest BCUT2D eigenvalue weighted by Gasteiger charge is -2.15. The molecule has 30 heavy (non-hydrogen) atoms. The smallest absolute Gasteiger partial charge is 0.283 e. The first-order chi connectivity index (χ1) is 14.5. The molecule has 0 unspecified atom stereocenters. The quantitative estimate of drug-likeness (QED) is 0.269. The first-order valence-corrected chi connectivity index (χ1v) is 8.71. The molecule has 2 aromatic carbocycles. The molecule has 0 aliphatic rings. The normalized spacial score (nSPS) is 10.6. The van der Waals surface area contributed by atoms with Crippen LogP contribution < -0.4 is 4.74 Å². The number of aromatic nitrogens is 1. The van der Waals surface area contributed by atoms with Crippen molar-refractivity contribution in [2.24, 2.45) is 5.10 Å². The lowest BCUT2D eigenvalue weighted by Crippen LogP contribution is -2.32. The molecule has 0 fully saturated rings. The second-order valence-electron chi connectivity index (χ2n) is 5.99. The molecule has 2 amide bonds. The number of nitrogens with zero attached hydrogens (tertiary/aromatic N) is 4. The number of nitro benzene ring substituents is 1. The van der Waals surface area contributed by atoms with E-state index in [0.29, 0.717) is 16.3 Å². The Labute approximate surface area is 171 Å². The molecule has 0 saturated carbocycles. The van der Waals surface area contributed by atoms with Crippen molar-refractivity contribution in [2.45, 2.75) is 0 Å². The highest BCUT2D eigenvalue weighted by atomic mass is 16.6. The number of ether oxygens (including phenoxy) is 1. The summed E-state index contributed by atoms with van der Waals surface area (Å²) < 4.78 is 5.09. The van der Waals surface area contributed by atoms with Crippen LogP contribution in [0.25, 0.3) is 0 Å². The molecule has 0 aliphatic heterocycles. The number of hydrazone groups is 1. The molecule has 0 aliphatic carbocycles. The Morgan fingerprint density at radius 1 is 1.07 bits per heavy atom. The highest BCUT2D eigenvalue weighted by molar-refractivity contribution is 6.10. The van der Waals surface area contributed by atoms with Gasteiger partial charge in [0.1, 0.15) is 5.75 Å². The van der Waals surface area contributed by atoms with Crippen LogP contribution in [0, 0.1) is 10.1 Å². The van der Waals surface area contributed by atoms with E-state index in [0.717, 1.165) is 6.07 Å². The predicted molar refractivity (Wildman–Crippen MR) is 108 cm³/mol. The van der Waals surface area contributed by atoms with Crippen LogP contribution in [-0.2, 0) is 0 Å². The number of carbonyl (C=O) groups is 2. The van der Waals surface area contributed by atoms with Gasteiger partial charge in [0.15, 0.2) is 0 Å². The zero-order valence-electron chi connectivity index (χ0n) is 15.8. The van der Waals surface area contributed by atoms with Crippen LogP contribution >= 0.6 is 0 Å². The van der Waals surface area contributed by atoms with E-state index in [4.69, 9.17) is 4.74 Å². The fraction of sp³-hybridized carbons (Fsp3) is 0.0476. The summed E-state index contributed by atoms with van der Waals surface area (Å²) in [6.45, 7) is 0. The largest absolute Gasteiger partial charge is 0.497 e. The monoisotopic (exact) mass is 404 g/mol. The van der Waals surface area contributed by atoms with E-state index >= 15 is 0 Å². The third kappa shape index (κ3) is 4.71. The molecular weight excluding hydrogens is 388 g/mol. The van der Waals surface area contributed by atoms with Crippen LogP contribution in [-0.4, -0.2) is 40.1 Å². The van der Waals surface area contributed by atoms with E-state index in [1.54, 1.807) is 30.3 Å². The minimum Gasteiger partial charge on any atom is -0.497 e. The van der Waals surface area contributed by atoms with Crippen LogP contribution in [0.4, 0.5) is 5.69 Å². The van der Waals surface area contributed by atoms with Crippen molar-refractivity contribution < 1.29 is 19.2 Å². The molecule has 150 valence electrons. The third-order valence-corrected chi connectivity index (χ3v) is 4.04. The molecule has 0 bridgehead atoms. The van der Waals surface area contributed by atoms with E-state index in [1.165, 1.54) is 50.0 Å². The summed E-state index contributed by atoms with van der Waals surface area (Å²) in [7, 11) is 1.54. The zero-order valence-corrected chi connectivity index (χ0v) is 15.8. The number of benzene rings is 2. The van der Waals surface area contributed by atoms with Gasteiger partial charge >= 0.3 is 0 Å². The van der Waals surface area contributed by atoms with Gasteiger partial charge in [-0.1, -0.05) is 6.07 Å². The highest BCUT2D eigenvalue weighted by Crippen LogP contribution is 2.17. The molecule has 0 N–H and O–H groups in total. The lowest BCUT2D eigenvalue weighted by molar-refractivity contribution is -0.384. The van der Waals surface area contributed by atoms with Gasteiger partial charge in [0.25, 0.3) is 17.5 Å². The number of hydrogen-bond donors (Lipinski definition) is 0. The molecule has 3 rings (SSSR count). The van der Waals surface area contributed by atoms with Crippen molar-refractivity contribution in [3.8, 4) is 5.75 Å². The molecule has 0 spiro atoms. The summed E-state index contributed by atoms with van der Waals surface area (Å²) in [6, 6.07) is 14.9. The van der Waals surface area contributed by atoms with Crippen LogP contribution in [0.15, 0.2) is 78.2 Å². The van der Waals surface area contributed by atoms with Crippen molar-refractivity contribution in [2.75, 3.05) is 7.11 Å². The van der Waals surface area contributed by atoms with Gasteiger partial charge in [-0.15, -0.1) is 0 Å². The van der Waals surface area contributed by atoms with Gasteiger partial charge in [0.05, 0.1) is 23.8 Å². The van der Waals surface area contributed by atoms with Crippen LogP contribution in [0.1, 0.15) is 26.3 Å².